The average molecular weight is 250 g/mol. The van der Waals surface area contributed by atoms with Gasteiger partial charge in [0.05, 0.1) is 0 Å². The van der Waals surface area contributed by atoms with Crippen molar-refractivity contribution in [2.75, 3.05) is 12.3 Å². The molecular formula is C14H22N2O2. The van der Waals surface area contributed by atoms with Gasteiger partial charge in [0.2, 0.25) is 0 Å². The van der Waals surface area contributed by atoms with E-state index in [1.165, 1.54) is 0 Å². The zero-order valence-corrected chi connectivity index (χ0v) is 11.3. The molecule has 100 valence electrons. The maximum absolute atomic E-state index is 11.6. The van der Waals surface area contributed by atoms with Gasteiger partial charge in [-0.1, -0.05) is 13.8 Å². The van der Waals surface area contributed by atoms with Crippen molar-refractivity contribution in [3.63, 3.8) is 0 Å². The van der Waals surface area contributed by atoms with E-state index in [4.69, 9.17) is 10.5 Å². The number of carbonyl (C=O) groups is 1. The van der Waals surface area contributed by atoms with Gasteiger partial charge in [0.1, 0.15) is 5.75 Å². The summed E-state index contributed by atoms with van der Waals surface area (Å²) in [5.41, 5.74) is 7.39. The highest BCUT2D eigenvalue weighted by atomic mass is 16.5. The molecule has 4 nitrogen and oxygen atoms in total. The number of hydrogen-bond acceptors (Lipinski definition) is 3. The molecule has 0 aliphatic heterocycles. The molecule has 0 saturated carbocycles. The van der Waals surface area contributed by atoms with E-state index in [9.17, 15) is 4.79 Å². The average Bonchev–Trinajstić information content (AvgIpc) is 2.37. The topological polar surface area (TPSA) is 64.3 Å². The van der Waals surface area contributed by atoms with Gasteiger partial charge in [-0.05, 0) is 43.5 Å². The summed E-state index contributed by atoms with van der Waals surface area (Å²) < 4.78 is 5.43. The first-order chi connectivity index (χ1) is 8.56. The van der Waals surface area contributed by atoms with Gasteiger partial charge in [-0.25, -0.2) is 0 Å². The molecule has 1 aromatic carbocycles. The van der Waals surface area contributed by atoms with E-state index in [1.54, 1.807) is 12.1 Å². The van der Waals surface area contributed by atoms with Crippen LogP contribution in [0.2, 0.25) is 0 Å². The Morgan fingerprint density at radius 3 is 2.61 bits per heavy atom. The fourth-order valence-electron chi connectivity index (χ4n) is 1.65. The van der Waals surface area contributed by atoms with Crippen LogP contribution in [0.25, 0.3) is 0 Å². The molecule has 0 saturated heterocycles. The summed E-state index contributed by atoms with van der Waals surface area (Å²) in [4.78, 5) is 11.6. The monoisotopic (exact) mass is 250 g/mol. The van der Waals surface area contributed by atoms with Gasteiger partial charge in [0.25, 0.3) is 5.91 Å². The van der Waals surface area contributed by atoms with Gasteiger partial charge in [-0.15, -0.1) is 0 Å². The molecule has 0 aliphatic carbocycles. The third-order valence-corrected chi connectivity index (χ3v) is 2.96. The maximum atomic E-state index is 11.6. The SMILES string of the molecule is CCC(CC)NC(=O)COc1ccc(N)c(C)c1. The van der Waals surface area contributed by atoms with Crippen molar-refractivity contribution in [3.8, 4) is 5.75 Å². The Balaban J connectivity index is 2.44. The summed E-state index contributed by atoms with van der Waals surface area (Å²) >= 11 is 0. The Bertz CT molecular complexity index is 401. The molecule has 1 aromatic rings. The second-order valence-electron chi connectivity index (χ2n) is 4.39. The van der Waals surface area contributed by atoms with Crippen molar-refractivity contribution in [2.24, 2.45) is 0 Å². The molecule has 1 rings (SSSR count). The second-order valence-corrected chi connectivity index (χ2v) is 4.39. The molecule has 0 radical (unpaired) electrons. The molecule has 0 aromatic heterocycles. The smallest absolute Gasteiger partial charge is 0.258 e. The maximum Gasteiger partial charge on any atom is 0.258 e. The van der Waals surface area contributed by atoms with E-state index in [1.807, 2.05) is 13.0 Å². The number of nitrogens with two attached hydrogens (primary N) is 1. The zero-order chi connectivity index (χ0) is 13.5. The number of anilines is 1. The lowest BCUT2D eigenvalue weighted by atomic mass is 10.2. The summed E-state index contributed by atoms with van der Waals surface area (Å²) in [5, 5.41) is 2.92. The summed E-state index contributed by atoms with van der Waals surface area (Å²) in [6.07, 6.45) is 1.87. The standard InChI is InChI=1S/C14H22N2O2/c1-4-11(5-2)16-14(17)9-18-12-6-7-13(15)10(3)8-12/h6-8,11H,4-5,9,15H2,1-3H3,(H,16,17). The summed E-state index contributed by atoms with van der Waals surface area (Å²) in [6, 6.07) is 5.62. The number of amides is 1. The van der Waals surface area contributed by atoms with Crippen LogP contribution in [0.15, 0.2) is 18.2 Å². The van der Waals surface area contributed by atoms with Crippen molar-refractivity contribution in [3.05, 3.63) is 23.8 Å². The van der Waals surface area contributed by atoms with Crippen molar-refractivity contribution in [1.29, 1.82) is 0 Å². The predicted molar refractivity (Wildman–Crippen MR) is 73.6 cm³/mol. The Morgan fingerprint density at radius 2 is 2.06 bits per heavy atom. The lowest BCUT2D eigenvalue weighted by Crippen LogP contribution is -2.37. The largest absolute Gasteiger partial charge is 0.484 e. The lowest BCUT2D eigenvalue weighted by Gasteiger charge is -2.15. The van der Waals surface area contributed by atoms with Gasteiger partial charge < -0.3 is 15.8 Å². The van der Waals surface area contributed by atoms with Crippen LogP contribution in [0, 0.1) is 6.92 Å². The molecule has 0 heterocycles. The Morgan fingerprint density at radius 1 is 1.39 bits per heavy atom. The number of carbonyl (C=O) groups excluding carboxylic acids is 1. The first-order valence-electron chi connectivity index (χ1n) is 6.35. The van der Waals surface area contributed by atoms with Crippen LogP contribution < -0.4 is 15.8 Å². The Labute approximate surface area is 109 Å². The second kappa shape index (κ2) is 6.89. The van der Waals surface area contributed by atoms with Crippen LogP contribution in [0.3, 0.4) is 0 Å². The van der Waals surface area contributed by atoms with Crippen molar-refractivity contribution in [1.82, 2.24) is 5.32 Å². The van der Waals surface area contributed by atoms with Crippen LogP contribution in [0.5, 0.6) is 5.75 Å². The van der Waals surface area contributed by atoms with Crippen LogP contribution in [-0.4, -0.2) is 18.6 Å². The van der Waals surface area contributed by atoms with Gasteiger partial charge in [-0.2, -0.15) is 0 Å². The highest BCUT2D eigenvalue weighted by Gasteiger charge is 2.08. The highest BCUT2D eigenvalue weighted by molar-refractivity contribution is 5.77. The number of nitrogens with one attached hydrogen (secondary N) is 1. The van der Waals surface area contributed by atoms with E-state index in [-0.39, 0.29) is 18.6 Å². The van der Waals surface area contributed by atoms with Crippen LogP contribution in [0.1, 0.15) is 32.3 Å². The van der Waals surface area contributed by atoms with Crippen LogP contribution >= 0.6 is 0 Å². The van der Waals surface area contributed by atoms with Gasteiger partial charge in [-0.3, -0.25) is 4.79 Å². The van der Waals surface area contributed by atoms with Crippen molar-refractivity contribution in [2.45, 2.75) is 39.7 Å². The number of rotatable bonds is 6. The summed E-state index contributed by atoms with van der Waals surface area (Å²) in [7, 11) is 0. The predicted octanol–water partition coefficient (Wildman–Crippen LogP) is 2.26. The van der Waals surface area contributed by atoms with E-state index >= 15 is 0 Å². The van der Waals surface area contributed by atoms with E-state index in [2.05, 4.69) is 19.2 Å². The molecule has 1 amide bonds. The minimum absolute atomic E-state index is 0.0415. The first kappa shape index (κ1) is 14.4. The van der Waals surface area contributed by atoms with Crippen molar-refractivity contribution < 1.29 is 9.53 Å². The van der Waals surface area contributed by atoms with Gasteiger partial charge in [0.15, 0.2) is 6.61 Å². The molecule has 0 fully saturated rings. The van der Waals surface area contributed by atoms with E-state index in [0.29, 0.717) is 5.75 Å². The molecule has 18 heavy (non-hydrogen) atoms. The van der Waals surface area contributed by atoms with E-state index < -0.39 is 0 Å². The van der Waals surface area contributed by atoms with Crippen molar-refractivity contribution >= 4 is 11.6 Å². The zero-order valence-electron chi connectivity index (χ0n) is 11.3. The third-order valence-electron chi connectivity index (χ3n) is 2.96. The molecule has 0 unspecified atom stereocenters. The number of ether oxygens (including phenoxy) is 1. The molecule has 4 heteroatoms. The minimum atomic E-state index is -0.0850. The lowest BCUT2D eigenvalue weighted by molar-refractivity contribution is -0.123. The number of hydrogen-bond donors (Lipinski definition) is 2. The molecule has 3 N–H and O–H groups in total. The van der Waals surface area contributed by atoms with Crippen LogP contribution in [-0.2, 0) is 4.79 Å². The first-order valence-corrected chi connectivity index (χ1v) is 6.35. The fraction of sp³-hybridized carbons (Fsp3) is 0.500. The Kier molecular flexibility index (Phi) is 5.49. The quantitative estimate of drug-likeness (QED) is 0.761. The molecular weight excluding hydrogens is 228 g/mol. The Hall–Kier alpha value is -1.71. The summed E-state index contributed by atoms with van der Waals surface area (Å²) in [5.74, 6) is 0.583. The highest BCUT2D eigenvalue weighted by Crippen LogP contribution is 2.18. The van der Waals surface area contributed by atoms with Gasteiger partial charge in [0, 0.05) is 11.7 Å². The molecule has 0 aliphatic rings. The third kappa shape index (κ3) is 4.28. The normalized spacial score (nSPS) is 10.4. The van der Waals surface area contributed by atoms with Gasteiger partial charge >= 0.3 is 0 Å². The number of aryl methyl sites for hydroxylation is 1. The fourth-order valence-corrected chi connectivity index (χ4v) is 1.65. The van der Waals surface area contributed by atoms with Crippen LogP contribution in [0.4, 0.5) is 5.69 Å². The molecule has 0 spiro atoms. The molecule has 0 bridgehead atoms. The summed E-state index contributed by atoms with van der Waals surface area (Å²) in [6.45, 7) is 6.06. The van der Waals surface area contributed by atoms with E-state index in [0.717, 1.165) is 24.1 Å². The molecule has 0 atom stereocenters. The number of benzene rings is 1. The minimum Gasteiger partial charge on any atom is -0.484 e. The number of nitrogen functional groups attached to an aromatic ring is 1.